The average Bonchev–Trinajstić information content (AvgIpc) is 3.24. The molecule has 0 radical (unpaired) electrons. The largest absolute Gasteiger partial charge is 0.398 e. The molecule has 9 nitrogen and oxygen atoms in total. The van der Waals surface area contributed by atoms with E-state index in [0.29, 0.717) is 21.4 Å². The maximum Gasteiger partial charge on any atom is 0.270 e. The summed E-state index contributed by atoms with van der Waals surface area (Å²) in [5.41, 5.74) is 8.02. The van der Waals surface area contributed by atoms with Crippen molar-refractivity contribution in [3.8, 4) is 10.6 Å². The minimum absolute atomic E-state index is 0.0187. The van der Waals surface area contributed by atoms with E-state index in [9.17, 15) is 18.5 Å². The van der Waals surface area contributed by atoms with Crippen molar-refractivity contribution in [2.75, 3.05) is 11.1 Å². The number of aryl methyl sites for hydroxylation is 1. The summed E-state index contributed by atoms with van der Waals surface area (Å²) in [5, 5.41) is 23.0. The van der Waals surface area contributed by atoms with Gasteiger partial charge in [0.1, 0.15) is 5.01 Å². The van der Waals surface area contributed by atoms with Gasteiger partial charge in [-0.15, -0.1) is 10.2 Å². The van der Waals surface area contributed by atoms with Crippen LogP contribution in [0.3, 0.4) is 0 Å². The summed E-state index contributed by atoms with van der Waals surface area (Å²) < 4.78 is 26.1. The number of benzene rings is 3. The van der Waals surface area contributed by atoms with Crippen molar-refractivity contribution in [2.24, 2.45) is 0 Å². The number of nitro benzene ring substituents is 1. The van der Waals surface area contributed by atoms with Gasteiger partial charge in [-0.2, -0.15) is 0 Å². The van der Waals surface area contributed by atoms with E-state index in [2.05, 4.69) is 15.5 Å². The fourth-order valence-corrected chi connectivity index (χ4v) is 5.12. The van der Waals surface area contributed by atoms with Crippen molar-refractivity contribution in [3.05, 3.63) is 82.4 Å². The third-order valence-electron chi connectivity index (χ3n) is 4.61. The van der Waals surface area contributed by atoms with Crippen LogP contribution in [0.15, 0.2) is 76.5 Å². The Labute approximate surface area is 187 Å². The summed E-state index contributed by atoms with van der Waals surface area (Å²) in [6.07, 6.45) is 0. The molecule has 162 valence electrons. The zero-order valence-corrected chi connectivity index (χ0v) is 18.4. The first-order valence-corrected chi connectivity index (χ1v) is 11.6. The smallest absolute Gasteiger partial charge is 0.270 e. The first kappa shape index (κ1) is 21.4. The Hall–Kier alpha value is -3.83. The number of non-ortho nitro benzene ring substituents is 1. The molecule has 3 N–H and O–H groups in total. The lowest BCUT2D eigenvalue weighted by molar-refractivity contribution is -0.384. The van der Waals surface area contributed by atoms with Gasteiger partial charge in [-0.05, 0) is 37.3 Å². The molecule has 0 saturated carbocycles. The highest BCUT2D eigenvalue weighted by Gasteiger charge is 2.21. The summed E-state index contributed by atoms with van der Waals surface area (Å²) in [7, 11) is -3.81. The van der Waals surface area contributed by atoms with E-state index in [1.54, 1.807) is 42.5 Å². The van der Waals surface area contributed by atoms with Crippen molar-refractivity contribution in [1.29, 1.82) is 0 Å². The summed E-state index contributed by atoms with van der Waals surface area (Å²) in [4.78, 5) is 10.6. The summed E-state index contributed by atoms with van der Waals surface area (Å²) in [6, 6.07) is 17.2. The monoisotopic (exact) mass is 467 g/mol. The number of hydrogen-bond donors (Lipinski definition) is 2. The highest BCUT2D eigenvalue weighted by atomic mass is 32.2. The van der Waals surface area contributed by atoms with E-state index in [1.807, 2.05) is 6.92 Å². The van der Waals surface area contributed by atoms with Crippen LogP contribution in [0, 0.1) is 17.0 Å². The van der Waals surface area contributed by atoms with E-state index in [-0.39, 0.29) is 21.2 Å². The molecule has 1 heterocycles. The highest BCUT2D eigenvalue weighted by Crippen LogP contribution is 2.33. The van der Waals surface area contributed by atoms with E-state index in [1.165, 1.54) is 35.6 Å². The van der Waals surface area contributed by atoms with Crippen molar-refractivity contribution in [2.45, 2.75) is 16.7 Å². The molecule has 0 spiro atoms. The molecule has 0 amide bonds. The Morgan fingerprint density at radius 3 is 2.50 bits per heavy atom. The predicted octanol–water partition coefficient (Wildman–Crippen LogP) is 4.58. The number of hydrogen-bond acceptors (Lipinski definition) is 9. The van der Waals surface area contributed by atoms with E-state index in [0.717, 1.165) is 5.56 Å². The molecule has 1 aromatic heterocycles. The molecule has 0 fully saturated rings. The first-order chi connectivity index (χ1) is 15.2. The molecule has 0 aliphatic heterocycles. The minimum atomic E-state index is -3.81. The number of rotatable bonds is 6. The van der Waals surface area contributed by atoms with Crippen molar-refractivity contribution < 1.29 is 13.3 Å². The van der Waals surface area contributed by atoms with Gasteiger partial charge in [0, 0.05) is 23.4 Å². The topological polar surface area (TPSA) is 141 Å². The predicted molar refractivity (Wildman–Crippen MR) is 123 cm³/mol. The SMILES string of the molecule is Cc1ccc(S(=O)(=O)c2cc(Nc3nnc(-c4cccc([N+](=O)[O-])c4)s3)ccc2N)cc1. The van der Waals surface area contributed by atoms with E-state index in [4.69, 9.17) is 5.73 Å². The molecule has 0 bridgehead atoms. The zero-order chi connectivity index (χ0) is 22.9. The van der Waals surface area contributed by atoms with Crippen molar-refractivity contribution in [1.82, 2.24) is 10.2 Å². The van der Waals surface area contributed by atoms with Crippen LogP contribution in [-0.2, 0) is 9.84 Å². The Kier molecular flexibility index (Phi) is 5.59. The molecule has 4 aromatic rings. The molecule has 0 aliphatic carbocycles. The Bertz CT molecular complexity index is 1420. The van der Waals surface area contributed by atoms with Crippen molar-refractivity contribution in [3.63, 3.8) is 0 Å². The van der Waals surface area contributed by atoms with Crippen LogP contribution in [0.1, 0.15) is 5.56 Å². The molecule has 0 atom stereocenters. The van der Waals surface area contributed by atoms with Gasteiger partial charge in [0.2, 0.25) is 15.0 Å². The average molecular weight is 468 g/mol. The number of nitro groups is 1. The fourth-order valence-electron chi connectivity index (χ4n) is 2.96. The molecule has 0 aliphatic rings. The molecule has 32 heavy (non-hydrogen) atoms. The Morgan fingerprint density at radius 2 is 1.78 bits per heavy atom. The van der Waals surface area contributed by atoms with Gasteiger partial charge in [-0.25, -0.2) is 8.42 Å². The van der Waals surface area contributed by atoms with Crippen LogP contribution in [0.2, 0.25) is 0 Å². The maximum atomic E-state index is 13.1. The Morgan fingerprint density at radius 1 is 1.03 bits per heavy atom. The normalized spacial score (nSPS) is 11.3. The van der Waals surface area contributed by atoms with Crippen LogP contribution in [0.5, 0.6) is 0 Å². The lowest BCUT2D eigenvalue weighted by Gasteiger charge is -2.10. The highest BCUT2D eigenvalue weighted by molar-refractivity contribution is 7.91. The minimum Gasteiger partial charge on any atom is -0.398 e. The number of nitrogen functional groups attached to an aromatic ring is 1. The van der Waals surface area contributed by atoms with Gasteiger partial charge in [0.05, 0.1) is 20.4 Å². The number of nitrogens with two attached hydrogens (primary N) is 1. The number of aromatic nitrogens is 2. The number of nitrogens with zero attached hydrogens (tertiary/aromatic N) is 3. The summed E-state index contributed by atoms with van der Waals surface area (Å²) >= 11 is 1.18. The van der Waals surface area contributed by atoms with Crippen LogP contribution in [0.25, 0.3) is 10.6 Å². The van der Waals surface area contributed by atoms with Gasteiger partial charge in [0.15, 0.2) is 0 Å². The third-order valence-corrected chi connectivity index (χ3v) is 7.33. The molecule has 11 heteroatoms. The van der Waals surface area contributed by atoms with Crippen LogP contribution in [-0.4, -0.2) is 23.5 Å². The quantitative estimate of drug-likeness (QED) is 0.238. The maximum absolute atomic E-state index is 13.1. The number of nitrogens with one attached hydrogen (secondary N) is 1. The zero-order valence-electron chi connectivity index (χ0n) is 16.7. The molecular weight excluding hydrogens is 450 g/mol. The number of anilines is 3. The second-order valence-corrected chi connectivity index (χ2v) is 9.81. The molecule has 0 unspecified atom stereocenters. The second-order valence-electron chi connectivity index (χ2n) is 6.91. The standard InChI is InChI=1S/C21H17N5O4S2/c1-13-5-8-17(9-6-13)32(29,30)19-12-15(7-10-18(19)22)23-21-25-24-20(31-21)14-3-2-4-16(11-14)26(27)28/h2-12H,22H2,1H3,(H,23,25). The second kappa shape index (κ2) is 8.36. The van der Waals surface area contributed by atoms with E-state index >= 15 is 0 Å². The van der Waals surface area contributed by atoms with Gasteiger partial charge in [-0.3, -0.25) is 10.1 Å². The van der Waals surface area contributed by atoms with Crippen LogP contribution >= 0.6 is 11.3 Å². The van der Waals surface area contributed by atoms with Gasteiger partial charge in [-0.1, -0.05) is 41.2 Å². The summed E-state index contributed by atoms with van der Waals surface area (Å²) in [6.45, 7) is 1.87. The fraction of sp³-hybridized carbons (Fsp3) is 0.0476. The lowest BCUT2D eigenvalue weighted by atomic mass is 10.2. The molecule has 4 rings (SSSR count). The van der Waals surface area contributed by atoms with Gasteiger partial charge < -0.3 is 11.1 Å². The number of sulfone groups is 1. The molecule has 0 saturated heterocycles. The third kappa shape index (κ3) is 4.29. The van der Waals surface area contributed by atoms with Gasteiger partial charge >= 0.3 is 0 Å². The lowest BCUT2D eigenvalue weighted by Crippen LogP contribution is -2.06. The van der Waals surface area contributed by atoms with Crippen LogP contribution in [0.4, 0.5) is 22.2 Å². The van der Waals surface area contributed by atoms with E-state index < -0.39 is 14.8 Å². The van der Waals surface area contributed by atoms with Gasteiger partial charge in [0.25, 0.3) is 5.69 Å². The summed E-state index contributed by atoms with van der Waals surface area (Å²) in [5.74, 6) is 0. The van der Waals surface area contributed by atoms with Crippen molar-refractivity contribution >= 4 is 43.4 Å². The first-order valence-electron chi connectivity index (χ1n) is 9.31. The molecular formula is C21H17N5O4S2. The molecule has 3 aromatic carbocycles. The van der Waals surface area contributed by atoms with Crippen LogP contribution < -0.4 is 11.1 Å². The Balaban J connectivity index is 1.62.